The Balaban J connectivity index is 1.48. The van der Waals surface area contributed by atoms with Gasteiger partial charge in [0.15, 0.2) is 11.5 Å². The third-order valence-corrected chi connectivity index (χ3v) is 6.50. The number of hydrogen-bond acceptors (Lipinski definition) is 7. The van der Waals surface area contributed by atoms with Gasteiger partial charge in [0.1, 0.15) is 23.1 Å². The summed E-state index contributed by atoms with van der Waals surface area (Å²) in [5.41, 5.74) is 8.43. The van der Waals surface area contributed by atoms with Gasteiger partial charge >= 0.3 is 5.97 Å². The Morgan fingerprint density at radius 2 is 1.82 bits per heavy atom. The highest BCUT2D eigenvalue weighted by atomic mass is 16.5. The van der Waals surface area contributed by atoms with Gasteiger partial charge in [0.05, 0.1) is 25.2 Å². The van der Waals surface area contributed by atoms with Crippen LogP contribution in [-0.4, -0.2) is 19.7 Å². The molecule has 1 heterocycles. The summed E-state index contributed by atoms with van der Waals surface area (Å²) in [4.78, 5) is 13.1. The molecule has 0 saturated carbocycles. The highest BCUT2D eigenvalue weighted by Gasteiger charge is 2.32. The van der Waals surface area contributed by atoms with Crippen LogP contribution in [0.15, 0.2) is 90.3 Å². The van der Waals surface area contributed by atoms with E-state index in [2.05, 4.69) is 19.9 Å². The zero-order chi connectivity index (χ0) is 27.5. The van der Waals surface area contributed by atoms with E-state index in [1.807, 2.05) is 54.6 Å². The van der Waals surface area contributed by atoms with Gasteiger partial charge in [-0.3, -0.25) is 0 Å². The molecule has 1 aliphatic rings. The lowest BCUT2D eigenvalue weighted by Crippen LogP contribution is -2.21. The van der Waals surface area contributed by atoms with Gasteiger partial charge in [0, 0.05) is 11.6 Å². The van der Waals surface area contributed by atoms with Gasteiger partial charge in [-0.15, -0.1) is 0 Å². The molecular weight excluding hydrogens is 492 g/mol. The van der Waals surface area contributed by atoms with Gasteiger partial charge < -0.3 is 24.7 Å². The third-order valence-electron chi connectivity index (χ3n) is 6.50. The molecule has 0 fully saturated rings. The van der Waals surface area contributed by atoms with Crippen molar-refractivity contribution in [2.45, 2.75) is 19.8 Å². The molecule has 5 rings (SSSR count). The average molecular weight is 521 g/mol. The van der Waals surface area contributed by atoms with Gasteiger partial charge in [-0.2, -0.15) is 5.26 Å². The van der Waals surface area contributed by atoms with E-state index >= 15 is 0 Å². The molecule has 0 saturated heterocycles. The molecular formula is C32H28N2O5. The Morgan fingerprint density at radius 1 is 1.03 bits per heavy atom. The molecule has 4 aromatic rings. The minimum Gasteiger partial charge on any atom is -0.493 e. The van der Waals surface area contributed by atoms with E-state index < -0.39 is 11.9 Å². The van der Waals surface area contributed by atoms with Crippen LogP contribution in [0.1, 0.15) is 41.3 Å². The van der Waals surface area contributed by atoms with Gasteiger partial charge in [-0.1, -0.05) is 62.4 Å². The monoisotopic (exact) mass is 520 g/mol. The van der Waals surface area contributed by atoms with Crippen LogP contribution in [0.4, 0.5) is 0 Å². The van der Waals surface area contributed by atoms with Crippen LogP contribution in [0.3, 0.4) is 0 Å². The molecule has 196 valence electrons. The fourth-order valence-corrected chi connectivity index (χ4v) is 4.65. The van der Waals surface area contributed by atoms with E-state index in [-0.39, 0.29) is 11.5 Å². The van der Waals surface area contributed by atoms with Crippen LogP contribution in [-0.2, 0) is 0 Å². The van der Waals surface area contributed by atoms with Crippen molar-refractivity contribution in [3.8, 4) is 29.1 Å². The lowest BCUT2D eigenvalue weighted by molar-refractivity contribution is 0.0736. The smallest absolute Gasteiger partial charge is 0.344 e. The van der Waals surface area contributed by atoms with Crippen LogP contribution < -0.4 is 24.7 Å². The van der Waals surface area contributed by atoms with E-state index in [1.54, 1.807) is 31.4 Å². The highest BCUT2D eigenvalue weighted by Crippen LogP contribution is 2.45. The summed E-state index contributed by atoms with van der Waals surface area (Å²) < 4.78 is 23.0. The van der Waals surface area contributed by atoms with E-state index in [0.717, 1.165) is 16.3 Å². The zero-order valence-electron chi connectivity index (χ0n) is 21.9. The average Bonchev–Trinajstić information content (AvgIpc) is 2.94. The minimum atomic E-state index is -0.505. The van der Waals surface area contributed by atoms with Gasteiger partial charge in [-0.05, 0) is 46.5 Å². The summed E-state index contributed by atoms with van der Waals surface area (Å²) in [5, 5.41) is 11.7. The predicted molar refractivity (Wildman–Crippen MR) is 148 cm³/mol. The molecule has 0 bridgehead atoms. The van der Waals surface area contributed by atoms with Crippen molar-refractivity contribution < 1.29 is 23.7 Å². The predicted octanol–water partition coefficient (Wildman–Crippen LogP) is 6.32. The second-order valence-corrected chi connectivity index (χ2v) is 9.66. The first-order valence-electron chi connectivity index (χ1n) is 12.6. The standard InChI is InChI=1S/C32H28N2O5/c1-19(2)18-37-27-14-11-21(15-29(27)36-3)30-25-13-12-22(16-28(25)39-31(34)26(30)17-33)38-32(35)24-10-6-8-20-7-4-5-9-23(20)24/h4-16,19,30H,18,34H2,1-3H3. The second-order valence-electron chi connectivity index (χ2n) is 9.66. The first kappa shape index (κ1) is 25.7. The van der Waals surface area contributed by atoms with Gasteiger partial charge in [-0.25, -0.2) is 4.79 Å². The summed E-state index contributed by atoms with van der Waals surface area (Å²) in [6, 6.07) is 26.0. The number of nitrogens with zero attached hydrogens (tertiary/aromatic N) is 1. The number of carbonyl (C=O) groups excluding carboxylic acids is 1. The molecule has 0 aromatic heterocycles. The Hall–Kier alpha value is -4.96. The first-order chi connectivity index (χ1) is 18.9. The summed E-state index contributed by atoms with van der Waals surface area (Å²) in [5.74, 6) is 1.23. The SMILES string of the molecule is COc1cc(C2C(C#N)=C(N)Oc3cc(OC(=O)c4cccc5ccccc45)ccc32)ccc1OCC(C)C. The number of fused-ring (bicyclic) bond motifs is 2. The van der Waals surface area contributed by atoms with E-state index in [1.165, 1.54) is 0 Å². The molecule has 0 spiro atoms. The summed E-state index contributed by atoms with van der Waals surface area (Å²) in [6.07, 6.45) is 0. The fourth-order valence-electron chi connectivity index (χ4n) is 4.65. The number of methoxy groups -OCH3 is 1. The zero-order valence-corrected chi connectivity index (χ0v) is 21.9. The van der Waals surface area contributed by atoms with E-state index in [9.17, 15) is 10.1 Å². The van der Waals surface area contributed by atoms with Crippen LogP contribution >= 0.6 is 0 Å². The molecule has 7 nitrogen and oxygen atoms in total. The Labute approximate surface area is 227 Å². The molecule has 7 heteroatoms. The van der Waals surface area contributed by atoms with Crippen molar-refractivity contribution in [2.24, 2.45) is 11.7 Å². The molecule has 2 N–H and O–H groups in total. The van der Waals surface area contributed by atoms with Crippen molar-refractivity contribution >= 4 is 16.7 Å². The fraction of sp³-hybridized carbons (Fsp3) is 0.188. The van der Waals surface area contributed by atoms with Gasteiger partial charge in [0.2, 0.25) is 5.88 Å². The van der Waals surface area contributed by atoms with Crippen LogP contribution in [0.5, 0.6) is 23.0 Å². The maximum absolute atomic E-state index is 13.1. The first-order valence-corrected chi connectivity index (χ1v) is 12.6. The molecule has 0 aliphatic carbocycles. The quantitative estimate of drug-likeness (QED) is 0.225. The van der Waals surface area contributed by atoms with E-state index in [0.29, 0.717) is 46.6 Å². The lowest BCUT2D eigenvalue weighted by Gasteiger charge is -2.27. The molecule has 1 aliphatic heterocycles. The van der Waals surface area contributed by atoms with Crippen LogP contribution in [0.25, 0.3) is 10.8 Å². The number of carbonyl (C=O) groups is 1. The lowest BCUT2D eigenvalue weighted by atomic mass is 9.83. The molecule has 0 radical (unpaired) electrons. The number of ether oxygens (including phenoxy) is 4. The van der Waals surface area contributed by atoms with Gasteiger partial charge in [0.25, 0.3) is 0 Å². The van der Waals surface area contributed by atoms with Crippen molar-refractivity contribution in [1.29, 1.82) is 5.26 Å². The summed E-state index contributed by atoms with van der Waals surface area (Å²) in [7, 11) is 1.57. The molecule has 4 aromatic carbocycles. The van der Waals surface area contributed by atoms with Crippen LogP contribution in [0, 0.1) is 17.2 Å². The number of nitriles is 1. The number of esters is 1. The van der Waals surface area contributed by atoms with Crippen molar-refractivity contribution in [3.63, 3.8) is 0 Å². The second kappa shape index (κ2) is 10.8. The molecule has 0 amide bonds. The Bertz CT molecular complexity index is 1630. The number of nitrogens with two attached hydrogens (primary N) is 1. The topological polar surface area (TPSA) is 104 Å². The van der Waals surface area contributed by atoms with Crippen molar-refractivity contribution in [3.05, 3.63) is 107 Å². The Morgan fingerprint density at radius 3 is 2.59 bits per heavy atom. The normalized spacial score (nSPS) is 14.4. The van der Waals surface area contributed by atoms with Crippen LogP contribution in [0.2, 0.25) is 0 Å². The number of hydrogen-bond donors (Lipinski definition) is 1. The number of benzene rings is 4. The van der Waals surface area contributed by atoms with Crippen molar-refractivity contribution in [2.75, 3.05) is 13.7 Å². The molecule has 39 heavy (non-hydrogen) atoms. The largest absolute Gasteiger partial charge is 0.493 e. The Kier molecular flexibility index (Phi) is 7.11. The van der Waals surface area contributed by atoms with Crippen molar-refractivity contribution in [1.82, 2.24) is 0 Å². The third kappa shape index (κ3) is 5.10. The maximum atomic E-state index is 13.1. The van der Waals surface area contributed by atoms with E-state index in [4.69, 9.17) is 24.7 Å². The summed E-state index contributed by atoms with van der Waals surface area (Å²) in [6.45, 7) is 4.69. The number of rotatable bonds is 7. The molecule has 1 atom stereocenters. The minimum absolute atomic E-state index is 0.00775. The highest BCUT2D eigenvalue weighted by molar-refractivity contribution is 6.05. The summed E-state index contributed by atoms with van der Waals surface area (Å²) >= 11 is 0. The maximum Gasteiger partial charge on any atom is 0.344 e. The molecule has 1 unspecified atom stereocenters. The number of allylic oxidation sites excluding steroid dienone is 1.